The molecule has 0 amide bonds. The number of benzene rings is 1. The number of nitrogen functional groups attached to an aromatic ring is 1. The second kappa shape index (κ2) is 4.22. The van der Waals surface area contributed by atoms with E-state index in [-0.39, 0.29) is 5.54 Å². The van der Waals surface area contributed by atoms with E-state index in [0.717, 1.165) is 22.3 Å². The van der Waals surface area contributed by atoms with Crippen LogP contribution in [0, 0.1) is 0 Å². The van der Waals surface area contributed by atoms with Crippen LogP contribution in [-0.4, -0.2) is 5.54 Å². The van der Waals surface area contributed by atoms with Crippen LogP contribution in [-0.2, 0) is 0 Å². The smallest absolute Gasteiger partial charge is 0.0589 e. The Hall–Kier alpha value is -0.700. The van der Waals surface area contributed by atoms with E-state index in [1.54, 1.807) is 0 Å². The van der Waals surface area contributed by atoms with Crippen LogP contribution in [0.1, 0.15) is 27.2 Å². The quantitative estimate of drug-likeness (QED) is 0.811. The van der Waals surface area contributed by atoms with Crippen molar-refractivity contribution in [2.75, 3.05) is 11.1 Å². The Balaban J connectivity index is 2.91. The van der Waals surface area contributed by atoms with Gasteiger partial charge in [-0.3, -0.25) is 0 Å². The minimum absolute atomic E-state index is 0.0783. The second-order valence-corrected chi connectivity index (χ2v) is 5.01. The molecule has 0 unspecified atom stereocenters. The highest BCUT2D eigenvalue weighted by Crippen LogP contribution is 2.27. The molecule has 1 rings (SSSR count). The maximum absolute atomic E-state index is 5.87. The summed E-state index contributed by atoms with van der Waals surface area (Å²) in [6, 6.07) is 5.85. The third-order valence-electron chi connectivity index (χ3n) is 2.37. The summed E-state index contributed by atoms with van der Waals surface area (Å²) in [4.78, 5) is 0. The van der Waals surface area contributed by atoms with E-state index in [2.05, 4.69) is 42.0 Å². The van der Waals surface area contributed by atoms with Crippen molar-refractivity contribution >= 4 is 27.3 Å². The van der Waals surface area contributed by atoms with E-state index in [9.17, 15) is 0 Å². The average Bonchev–Trinajstić information content (AvgIpc) is 2.11. The van der Waals surface area contributed by atoms with Gasteiger partial charge in [0.1, 0.15) is 0 Å². The van der Waals surface area contributed by atoms with E-state index < -0.39 is 0 Å². The Labute approximate surface area is 94.0 Å². The van der Waals surface area contributed by atoms with Crippen LogP contribution in [0.25, 0.3) is 0 Å². The lowest BCUT2D eigenvalue weighted by atomic mass is 10.0. The molecule has 2 nitrogen and oxygen atoms in total. The Bertz CT molecular complexity index is 321. The van der Waals surface area contributed by atoms with Gasteiger partial charge in [-0.05, 0) is 38.5 Å². The Kier molecular flexibility index (Phi) is 3.43. The summed E-state index contributed by atoms with van der Waals surface area (Å²) in [5, 5.41) is 3.42. The van der Waals surface area contributed by atoms with Crippen LogP contribution < -0.4 is 11.1 Å². The molecule has 3 N–H and O–H groups in total. The van der Waals surface area contributed by atoms with Crippen molar-refractivity contribution in [1.29, 1.82) is 0 Å². The summed E-state index contributed by atoms with van der Waals surface area (Å²) in [5.74, 6) is 0. The standard InChI is InChI=1S/C11H17BrN2/c1-4-11(2,3)14-10-7-8(12)5-6-9(10)13/h5-7,14H,4,13H2,1-3H3. The summed E-state index contributed by atoms with van der Waals surface area (Å²) in [5.41, 5.74) is 7.72. The lowest BCUT2D eigenvalue weighted by Gasteiger charge is -2.26. The molecule has 0 aromatic heterocycles. The van der Waals surface area contributed by atoms with Crippen LogP contribution in [0.5, 0.6) is 0 Å². The fraction of sp³-hybridized carbons (Fsp3) is 0.455. The molecular weight excluding hydrogens is 240 g/mol. The Morgan fingerprint density at radius 3 is 2.64 bits per heavy atom. The topological polar surface area (TPSA) is 38.0 Å². The molecule has 0 bridgehead atoms. The molecule has 0 aliphatic heterocycles. The number of rotatable bonds is 3. The highest BCUT2D eigenvalue weighted by Gasteiger charge is 2.15. The molecule has 0 fully saturated rings. The summed E-state index contributed by atoms with van der Waals surface area (Å²) < 4.78 is 1.04. The van der Waals surface area contributed by atoms with Crippen LogP contribution >= 0.6 is 15.9 Å². The van der Waals surface area contributed by atoms with Crippen molar-refractivity contribution in [2.24, 2.45) is 0 Å². The van der Waals surface area contributed by atoms with Crippen molar-refractivity contribution in [3.05, 3.63) is 22.7 Å². The third kappa shape index (κ3) is 2.91. The molecule has 0 heterocycles. The average molecular weight is 257 g/mol. The first-order valence-electron chi connectivity index (χ1n) is 4.78. The predicted molar refractivity (Wildman–Crippen MR) is 66.5 cm³/mol. The third-order valence-corrected chi connectivity index (χ3v) is 2.87. The first-order chi connectivity index (χ1) is 6.44. The summed E-state index contributed by atoms with van der Waals surface area (Å²) in [6.45, 7) is 6.47. The van der Waals surface area contributed by atoms with Gasteiger partial charge in [0.2, 0.25) is 0 Å². The Morgan fingerprint density at radius 1 is 1.43 bits per heavy atom. The lowest BCUT2D eigenvalue weighted by Crippen LogP contribution is -2.30. The van der Waals surface area contributed by atoms with E-state index in [0.29, 0.717) is 0 Å². The first kappa shape index (κ1) is 11.4. The molecule has 0 spiro atoms. The number of nitrogens with two attached hydrogens (primary N) is 1. The molecule has 78 valence electrons. The van der Waals surface area contributed by atoms with Gasteiger partial charge in [0, 0.05) is 10.0 Å². The van der Waals surface area contributed by atoms with Gasteiger partial charge in [-0.25, -0.2) is 0 Å². The van der Waals surface area contributed by atoms with Crippen LogP contribution in [0.3, 0.4) is 0 Å². The second-order valence-electron chi connectivity index (χ2n) is 4.09. The van der Waals surface area contributed by atoms with E-state index in [4.69, 9.17) is 5.73 Å². The lowest BCUT2D eigenvalue weighted by molar-refractivity contribution is 0.547. The number of hydrogen-bond acceptors (Lipinski definition) is 2. The molecule has 0 aliphatic rings. The SMILES string of the molecule is CCC(C)(C)Nc1cc(Br)ccc1N. The zero-order valence-electron chi connectivity index (χ0n) is 8.89. The Morgan fingerprint density at radius 2 is 2.07 bits per heavy atom. The fourth-order valence-corrected chi connectivity index (χ4v) is 1.45. The van der Waals surface area contributed by atoms with Crippen molar-refractivity contribution in [3.63, 3.8) is 0 Å². The summed E-state index contributed by atoms with van der Waals surface area (Å²) >= 11 is 3.43. The zero-order valence-corrected chi connectivity index (χ0v) is 10.5. The van der Waals surface area contributed by atoms with Crippen molar-refractivity contribution in [3.8, 4) is 0 Å². The molecule has 1 aromatic rings. The normalized spacial score (nSPS) is 11.4. The summed E-state index contributed by atoms with van der Waals surface area (Å²) in [6.07, 6.45) is 1.05. The van der Waals surface area contributed by atoms with Gasteiger partial charge in [-0.2, -0.15) is 0 Å². The molecule has 0 atom stereocenters. The van der Waals surface area contributed by atoms with Gasteiger partial charge in [0.15, 0.2) is 0 Å². The van der Waals surface area contributed by atoms with Gasteiger partial charge in [-0.15, -0.1) is 0 Å². The van der Waals surface area contributed by atoms with Gasteiger partial charge >= 0.3 is 0 Å². The number of halogens is 1. The largest absolute Gasteiger partial charge is 0.397 e. The molecule has 0 aliphatic carbocycles. The van der Waals surface area contributed by atoms with Crippen LogP contribution in [0.15, 0.2) is 22.7 Å². The molecule has 0 saturated heterocycles. The summed E-state index contributed by atoms with van der Waals surface area (Å²) in [7, 11) is 0. The first-order valence-corrected chi connectivity index (χ1v) is 5.57. The van der Waals surface area contributed by atoms with Crippen LogP contribution in [0.2, 0.25) is 0 Å². The van der Waals surface area contributed by atoms with Crippen molar-refractivity contribution < 1.29 is 0 Å². The highest BCUT2D eigenvalue weighted by atomic mass is 79.9. The van der Waals surface area contributed by atoms with Gasteiger partial charge in [-0.1, -0.05) is 22.9 Å². The molecular formula is C11H17BrN2. The number of anilines is 2. The highest BCUT2D eigenvalue weighted by molar-refractivity contribution is 9.10. The van der Waals surface area contributed by atoms with Gasteiger partial charge < -0.3 is 11.1 Å². The van der Waals surface area contributed by atoms with Crippen LogP contribution in [0.4, 0.5) is 11.4 Å². The minimum Gasteiger partial charge on any atom is -0.397 e. The van der Waals surface area contributed by atoms with Crippen molar-refractivity contribution in [1.82, 2.24) is 0 Å². The molecule has 14 heavy (non-hydrogen) atoms. The maximum atomic E-state index is 5.87. The maximum Gasteiger partial charge on any atom is 0.0589 e. The molecule has 0 radical (unpaired) electrons. The zero-order chi connectivity index (χ0) is 10.8. The van der Waals surface area contributed by atoms with Gasteiger partial charge in [0.25, 0.3) is 0 Å². The molecule has 1 aromatic carbocycles. The molecule has 3 heteroatoms. The monoisotopic (exact) mass is 256 g/mol. The molecule has 0 saturated carbocycles. The number of nitrogens with one attached hydrogen (secondary N) is 1. The van der Waals surface area contributed by atoms with E-state index >= 15 is 0 Å². The number of hydrogen-bond donors (Lipinski definition) is 2. The minimum atomic E-state index is 0.0783. The van der Waals surface area contributed by atoms with Crippen molar-refractivity contribution in [2.45, 2.75) is 32.7 Å². The predicted octanol–water partition coefficient (Wildman–Crippen LogP) is 3.63. The van der Waals surface area contributed by atoms with E-state index in [1.165, 1.54) is 0 Å². The fourth-order valence-electron chi connectivity index (χ4n) is 1.09. The van der Waals surface area contributed by atoms with E-state index in [1.807, 2.05) is 18.2 Å². The van der Waals surface area contributed by atoms with Gasteiger partial charge in [0.05, 0.1) is 11.4 Å².